The lowest BCUT2D eigenvalue weighted by Crippen LogP contribution is -2.43. The molecule has 0 fully saturated rings. The molecule has 0 rings (SSSR count). The Labute approximate surface area is 100 Å². The fourth-order valence-electron chi connectivity index (χ4n) is 1.05. The first-order valence-corrected chi connectivity index (χ1v) is 6.88. The highest BCUT2D eigenvalue weighted by atomic mass is 32.2. The molecular weight excluding hydrogens is 224 g/mol. The van der Waals surface area contributed by atoms with Crippen molar-refractivity contribution in [1.82, 2.24) is 10.6 Å². The van der Waals surface area contributed by atoms with E-state index >= 15 is 0 Å². The fourth-order valence-corrected chi connectivity index (χ4v) is 1.50. The van der Waals surface area contributed by atoms with Crippen molar-refractivity contribution in [2.45, 2.75) is 31.6 Å². The molecule has 1 amide bonds. The van der Waals surface area contributed by atoms with E-state index in [9.17, 15) is 9.00 Å². The third kappa shape index (κ3) is 6.59. The van der Waals surface area contributed by atoms with Gasteiger partial charge in [0.2, 0.25) is 5.91 Å². The van der Waals surface area contributed by atoms with Gasteiger partial charge in [0, 0.05) is 22.3 Å². The minimum absolute atomic E-state index is 0.108. The number of hydrogen-bond acceptors (Lipinski definition) is 3. The van der Waals surface area contributed by atoms with Gasteiger partial charge in [0.25, 0.3) is 0 Å². The third-order valence-corrected chi connectivity index (χ3v) is 3.69. The lowest BCUT2D eigenvalue weighted by Gasteiger charge is -2.14. The van der Waals surface area contributed by atoms with Gasteiger partial charge in [-0.3, -0.25) is 9.00 Å². The Balaban J connectivity index is 3.73. The number of rotatable bonds is 7. The number of hydrogen-bond donors (Lipinski definition) is 2. The van der Waals surface area contributed by atoms with E-state index in [1.807, 2.05) is 6.92 Å². The third-order valence-electron chi connectivity index (χ3n) is 2.33. The van der Waals surface area contributed by atoms with Crippen LogP contribution in [0, 0.1) is 12.3 Å². The lowest BCUT2D eigenvalue weighted by atomic mass is 10.2. The highest BCUT2D eigenvalue weighted by molar-refractivity contribution is 7.84. The molecule has 0 saturated heterocycles. The van der Waals surface area contributed by atoms with Crippen LogP contribution < -0.4 is 10.6 Å². The maximum Gasteiger partial charge on any atom is 0.237 e. The molecule has 0 spiro atoms. The molecule has 0 saturated carbocycles. The Hall–Kier alpha value is -0.860. The van der Waals surface area contributed by atoms with Crippen molar-refractivity contribution in [3.8, 4) is 12.3 Å². The highest BCUT2D eigenvalue weighted by Crippen LogP contribution is 1.97. The van der Waals surface area contributed by atoms with Gasteiger partial charge in [0.15, 0.2) is 0 Å². The first-order chi connectivity index (χ1) is 7.49. The van der Waals surface area contributed by atoms with Gasteiger partial charge in [-0.25, -0.2) is 0 Å². The highest BCUT2D eigenvalue weighted by Gasteiger charge is 2.12. The van der Waals surface area contributed by atoms with Crippen molar-refractivity contribution in [1.29, 1.82) is 0 Å². The largest absolute Gasteiger partial charge is 0.344 e. The minimum Gasteiger partial charge on any atom is -0.344 e. The molecule has 5 heteroatoms. The molecule has 0 aromatic rings. The van der Waals surface area contributed by atoms with E-state index in [2.05, 4.69) is 16.6 Å². The second-order valence-corrected chi connectivity index (χ2v) is 5.50. The van der Waals surface area contributed by atoms with Crippen LogP contribution in [0.5, 0.6) is 0 Å². The van der Waals surface area contributed by atoms with Gasteiger partial charge < -0.3 is 10.6 Å². The molecule has 0 aliphatic rings. The van der Waals surface area contributed by atoms with Gasteiger partial charge in [-0.2, -0.15) is 0 Å². The zero-order chi connectivity index (χ0) is 12.6. The van der Waals surface area contributed by atoms with Gasteiger partial charge in [0.05, 0.1) is 12.6 Å². The van der Waals surface area contributed by atoms with Crippen molar-refractivity contribution in [3.05, 3.63) is 0 Å². The van der Waals surface area contributed by atoms with Crippen molar-refractivity contribution in [2.24, 2.45) is 0 Å². The van der Waals surface area contributed by atoms with Crippen LogP contribution in [0.1, 0.15) is 20.3 Å². The number of carbonyl (C=O) groups excluding carboxylic acids is 1. The van der Waals surface area contributed by atoms with E-state index in [-0.39, 0.29) is 23.7 Å². The molecule has 4 nitrogen and oxygen atoms in total. The topological polar surface area (TPSA) is 58.2 Å². The van der Waals surface area contributed by atoms with Crippen LogP contribution in [-0.2, 0) is 15.6 Å². The molecule has 0 aliphatic heterocycles. The summed E-state index contributed by atoms with van der Waals surface area (Å²) in [5, 5.41) is 5.80. The molecule has 16 heavy (non-hydrogen) atoms. The quantitative estimate of drug-likeness (QED) is 0.613. The molecule has 3 unspecified atom stereocenters. The summed E-state index contributed by atoms with van der Waals surface area (Å²) in [4.78, 5) is 11.4. The zero-order valence-corrected chi connectivity index (χ0v) is 10.9. The first-order valence-electron chi connectivity index (χ1n) is 5.25. The smallest absolute Gasteiger partial charge is 0.237 e. The molecule has 0 bridgehead atoms. The summed E-state index contributed by atoms with van der Waals surface area (Å²) >= 11 is 0. The Morgan fingerprint density at radius 3 is 2.62 bits per heavy atom. The SMILES string of the molecule is C#CCNC(=O)C(C)NCCC(C)S(C)=O. The first kappa shape index (κ1) is 15.1. The summed E-state index contributed by atoms with van der Waals surface area (Å²) in [5.41, 5.74) is 0. The van der Waals surface area contributed by atoms with Gasteiger partial charge in [0.1, 0.15) is 0 Å². The van der Waals surface area contributed by atoms with Crippen molar-refractivity contribution < 1.29 is 9.00 Å². The van der Waals surface area contributed by atoms with E-state index in [0.29, 0.717) is 6.54 Å². The van der Waals surface area contributed by atoms with E-state index in [1.54, 1.807) is 13.2 Å². The van der Waals surface area contributed by atoms with Crippen LogP contribution >= 0.6 is 0 Å². The summed E-state index contributed by atoms with van der Waals surface area (Å²) in [7, 11) is -0.808. The Kier molecular flexibility index (Phi) is 7.86. The van der Waals surface area contributed by atoms with E-state index in [4.69, 9.17) is 6.42 Å². The second kappa shape index (κ2) is 8.31. The molecule has 0 heterocycles. The van der Waals surface area contributed by atoms with Crippen LogP contribution in [0.25, 0.3) is 0 Å². The molecule has 0 radical (unpaired) electrons. The van der Waals surface area contributed by atoms with Gasteiger partial charge >= 0.3 is 0 Å². The summed E-state index contributed by atoms with van der Waals surface area (Å²) in [6.45, 7) is 4.63. The van der Waals surface area contributed by atoms with Crippen molar-refractivity contribution in [3.63, 3.8) is 0 Å². The monoisotopic (exact) mass is 244 g/mol. The van der Waals surface area contributed by atoms with Crippen LogP contribution in [0.15, 0.2) is 0 Å². The molecule has 3 atom stereocenters. The van der Waals surface area contributed by atoms with Crippen molar-refractivity contribution >= 4 is 16.7 Å². The summed E-state index contributed by atoms with van der Waals surface area (Å²) < 4.78 is 11.1. The normalized spacial score (nSPS) is 15.9. The molecular formula is C11H20N2O2S. The number of carbonyl (C=O) groups is 1. The van der Waals surface area contributed by atoms with Crippen LogP contribution in [0.3, 0.4) is 0 Å². The standard InChI is InChI=1S/C11H20N2O2S/c1-5-7-13-11(14)10(3)12-8-6-9(2)16(4)15/h1,9-10,12H,6-8H2,2-4H3,(H,13,14). The molecule has 0 aromatic heterocycles. The van der Waals surface area contributed by atoms with E-state index < -0.39 is 10.8 Å². The van der Waals surface area contributed by atoms with Crippen LogP contribution in [0.2, 0.25) is 0 Å². The van der Waals surface area contributed by atoms with Gasteiger partial charge in [-0.15, -0.1) is 6.42 Å². The molecule has 2 N–H and O–H groups in total. The number of terminal acetylenes is 1. The predicted molar refractivity (Wildman–Crippen MR) is 67.5 cm³/mol. The molecule has 0 aliphatic carbocycles. The van der Waals surface area contributed by atoms with E-state index in [1.165, 1.54) is 0 Å². The number of amides is 1. The predicted octanol–water partition coefficient (Wildman–Crippen LogP) is -0.129. The van der Waals surface area contributed by atoms with Gasteiger partial charge in [-0.05, 0) is 19.9 Å². The Bertz CT molecular complexity index is 286. The average molecular weight is 244 g/mol. The maximum absolute atomic E-state index is 11.4. The Morgan fingerprint density at radius 2 is 2.12 bits per heavy atom. The van der Waals surface area contributed by atoms with Crippen LogP contribution in [0.4, 0.5) is 0 Å². The lowest BCUT2D eigenvalue weighted by molar-refractivity contribution is -0.122. The van der Waals surface area contributed by atoms with Crippen molar-refractivity contribution in [2.75, 3.05) is 19.3 Å². The molecule has 92 valence electrons. The van der Waals surface area contributed by atoms with Gasteiger partial charge in [-0.1, -0.05) is 12.8 Å². The van der Waals surface area contributed by atoms with E-state index in [0.717, 1.165) is 6.42 Å². The average Bonchev–Trinajstić information content (AvgIpc) is 2.25. The van der Waals surface area contributed by atoms with Crippen LogP contribution in [-0.4, -0.2) is 40.8 Å². The summed E-state index contributed by atoms with van der Waals surface area (Å²) in [5.74, 6) is 2.23. The summed E-state index contributed by atoms with van der Waals surface area (Å²) in [6, 6.07) is -0.272. The second-order valence-electron chi connectivity index (χ2n) is 3.70. The maximum atomic E-state index is 11.4. The zero-order valence-electron chi connectivity index (χ0n) is 10.1. The molecule has 0 aromatic carbocycles. The summed E-state index contributed by atoms with van der Waals surface area (Å²) in [6.07, 6.45) is 7.51. The Morgan fingerprint density at radius 1 is 1.50 bits per heavy atom. The number of nitrogens with one attached hydrogen (secondary N) is 2. The minimum atomic E-state index is -0.808. The fraction of sp³-hybridized carbons (Fsp3) is 0.727.